The van der Waals surface area contributed by atoms with E-state index in [1.165, 1.54) is 0 Å². The van der Waals surface area contributed by atoms with Gasteiger partial charge in [-0.25, -0.2) is 4.79 Å². The smallest absolute Gasteiger partial charge is 0.328 e. The summed E-state index contributed by atoms with van der Waals surface area (Å²) in [5, 5.41) is 27.8. The molecule has 0 aliphatic carbocycles. The molecule has 94 valence electrons. The van der Waals surface area contributed by atoms with E-state index in [1.807, 2.05) is 0 Å². The molecule has 0 radical (unpaired) electrons. The molecular formula is C8H16N2O6. The van der Waals surface area contributed by atoms with Gasteiger partial charge in [0.2, 0.25) is 5.91 Å². The van der Waals surface area contributed by atoms with Crippen LogP contribution in [0.15, 0.2) is 0 Å². The van der Waals surface area contributed by atoms with Crippen LogP contribution in [0.25, 0.3) is 0 Å². The van der Waals surface area contributed by atoms with Crippen LogP contribution < -0.4 is 11.1 Å². The second-order valence-corrected chi connectivity index (χ2v) is 2.99. The van der Waals surface area contributed by atoms with Crippen LogP contribution in [-0.2, 0) is 14.3 Å². The Hall–Kier alpha value is -1.22. The molecule has 0 aromatic carbocycles. The third-order valence-electron chi connectivity index (χ3n) is 1.67. The summed E-state index contributed by atoms with van der Waals surface area (Å²) in [5.41, 5.74) is 5.18. The van der Waals surface area contributed by atoms with Crippen LogP contribution >= 0.6 is 0 Å². The fourth-order valence-corrected chi connectivity index (χ4v) is 0.802. The van der Waals surface area contributed by atoms with Crippen molar-refractivity contribution >= 4 is 11.9 Å². The Kier molecular flexibility index (Phi) is 7.38. The summed E-state index contributed by atoms with van der Waals surface area (Å²) < 4.78 is 4.77. The first kappa shape index (κ1) is 14.8. The van der Waals surface area contributed by atoms with Gasteiger partial charge in [0.25, 0.3) is 0 Å². The Morgan fingerprint density at radius 2 is 2.00 bits per heavy atom. The predicted molar refractivity (Wildman–Crippen MR) is 52.5 cm³/mol. The lowest BCUT2D eigenvalue weighted by Gasteiger charge is -2.16. The number of aliphatic carboxylic acids is 1. The minimum atomic E-state index is -1.28. The fourth-order valence-electron chi connectivity index (χ4n) is 0.802. The summed E-state index contributed by atoms with van der Waals surface area (Å²) in [7, 11) is 0. The molecule has 0 aliphatic rings. The number of aliphatic hydroxyl groups is 2. The van der Waals surface area contributed by atoms with Gasteiger partial charge >= 0.3 is 5.97 Å². The number of carbonyl (C=O) groups excluding carboxylic acids is 1. The van der Waals surface area contributed by atoms with Gasteiger partial charge in [0.15, 0.2) is 6.04 Å². The zero-order valence-corrected chi connectivity index (χ0v) is 8.63. The molecule has 6 N–H and O–H groups in total. The van der Waals surface area contributed by atoms with E-state index in [0.717, 1.165) is 0 Å². The van der Waals surface area contributed by atoms with Crippen molar-refractivity contribution in [3.05, 3.63) is 0 Å². The van der Waals surface area contributed by atoms with Crippen molar-refractivity contribution in [1.82, 2.24) is 5.32 Å². The first-order valence-electron chi connectivity index (χ1n) is 4.61. The number of aliphatic hydroxyl groups excluding tert-OH is 2. The van der Waals surface area contributed by atoms with Crippen molar-refractivity contribution < 1.29 is 29.6 Å². The summed E-state index contributed by atoms with van der Waals surface area (Å²) in [4.78, 5) is 21.8. The van der Waals surface area contributed by atoms with E-state index in [1.54, 1.807) is 0 Å². The summed E-state index contributed by atoms with van der Waals surface area (Å²) in [5.74, 6) is -2.06. The number of carboxylic acids is 1. The molecule has 0 fully saturated rings. The average molecular weight is 236 g/mol. The summed E-state index contributed by atoms with van der Waals surface area (Å²) >= 11 is 0. The minimum absolute atomic E-state index is 0.0221. The maximum atomic E-state index is 11.2. The Balaban J connectivity index is 4.12. The predicted octanol–water partition coefficient (Wildman–Crippen LogP) is -3.12. The quantitative estimate of drug-likeness (QED) is 0.281. The monoisotopic (exact) mass is 236 g/mol. The van der Waals surface area contributed by atoms with E-state index < -0.39 is 30.6 Å². The topological polar surface area (TPSA) is 142 Å². The number of nitrogens with one attached hydrogen (secondary N) is 1. The highest BCUT2D eigenvalue weighted by molar-refractivity contribution is 5.86. The van der Waals surface area contributed by atoms with Crippen molar-refractivity contribution in [1.29, 1.82) is 0 Å². The number of carboxylic acid groups (broad SMARTS) is 1. The van der Waals surface area contributed by atoms with Crippen molar-refractivity contribution in [2.45, 2.75) is 12.1 Å². The van der Waals surface area contributed by atoms with Crippen LogP contribution in [0.2, 0.25) is 0 Å². The van der Waals surface area contributed by atoms with Crippen LogP contribution in [0, 0.1) is 0 Å². The van der Waals surface area contributed by atoms with E-state index in [4.69, 9.17) is 25.8 Å². The van der Waals surface area contributed by atoms with Gasteiger partial charge in [-0.05, 0) is 0 Å². The molecule has 0 rings (SSSR count). The van der Waals surface area contributed by atoms with Gasteiger partial charge in [0, 0.05) is 0 Å². The van der Waals surface area contributed by atoms with Gasteiger partial charge in [-0.2, -0.15) is 0 Å². The highest BCUT2D eigenvalue weighted by Crippen LogP contribution is 1.89. The highest BCUT2D eigenvalue weighted by atomic mass is 16.5. The molecule has 0 bridgehead atoms. The van der Waals surface area contributed by atoms with Gasteiger partial charge < -0.3 is 31.1 Å². The molecule has 0 unspecified atom stereocenters. The van der Waals surface area contributed by atoms with Gasteiger partial charge in [-0.1, -0.05) is 0 Å². The van der Waals surface area contributed by atoms with Crippen molar-refractivity contribution in [2.75, 3.05) is 26.4 Å². The zero-order chi connectivity index (χ0) is 12.6. The molecule has 0 heterocycles. The molecule has 0 aromatic rings. The number of nitrogens with two attached hydrogens (primary N) is 1. The molecule has 1 amide bonds. The van der Waals surface area contributed by atoms with Gasteiger partial charge in [0.1, 0.15) is 6.04 Å². The molecule has 16 heavy (non-hydrogen) atoms. The van der Waals surface area contributed by atoms with Crippen LogP contribution in [-0.4, -0.2) is 65.7 Å². The lowest BCUT2D eigenvalue weighted by molar-refractivity contribution is -0.144. The molecule has 8 nitrogen and oxygen atoms in total. The fraction of sp³-hybridized carbons (Fsp3) is 0.750. The number of carbonyl (C=O) groups is 2. The first-order valence-corrected chi connectivity index (χ1v) is 4.61. The Labute approximate surface area is 92.0 Å². The maximum absolute atomic E-state index is 11.2. The van der Waals surface area contributed by atoms with Crippen molar-refractivity contribution in [3.63, 3.8) is 0 Å². The summed E-state index contributed by atoms with van der Waals surface area (Å²) in [6.07, 6.45) is 0. The van der Waals surface area contributed by atoms with Crippen molar-refractivity contribution in [2.24, 2.45) is 5.73 Å². The van der Waals surface area contributed by atoms with Gasteiger partial charge in [0.05, 0.1) is 26.4 Å². The number of rotatable bonds is 8. The zero-order valence-electron chi connectivity index (χ0n) is 8.63. The highest BCUT2D eigenvalue weighted by Gasteiger charge is 2.22. The van der Waals surface area contributed by atoms with Crippen molar-refractivity contribution in [3.8, 4) is 0 Å². The number of ether oxygens (including phenoxy) is 1. The summed E-state index contributed by atoms with van der Waals surface area (Å²) in [6.45, 7) is -1.11. The SMILES string of the molecule is N[C@@H](CO)C(=O)N[C@@H](COCCO)C(=O)O. The molecule has 2 atom stereocenters. The van der Waals surface area contributed by atoms with E-state index in [0.29, 0.717) is 0 Å². The van der Waals surface area contributed by atoms with Crippen LogP contribution in [0.5, 0.6) is 0 Å². The van der Waals surface area contributed by atoms with Gasteiger partial charge in [-0.3, -0.25) is 4.79 Å². The maximum Gasteiger partial charge on any atom is 0.328 e. The second kappa shape index (κ2) is 7.99. The second-order valence-electron chi connectivity index (χ2n) is 2.99. The number of hydrogen-bond donors (Lipinski definition) is 5. The van der Waals surface area contributed by atoms with Gasteiger partial charge in [-0.15, -0.1) is 0 Å². The largest absolute Gasteiger partial charge is 0.480 e. The van der Waals surface area contributed by atoms with Crippen LogP contribution in [0.4, 0.5) is 0 Å². The third kappa shape index (κ3) is 5.61. The normalized spacial score (nSPS) is 14.2. The van der Waals surface area contributed by atoms with E-state index in [-0.39, 0.29) is 19.8 Å². The van der Waals surface area contributed by atoms with Crippen LogP contribution in [0.3, 0.4) is 0 Å². The Morgan fingerprint density at radius 1 is 1.38 bits per heavy atom. The lowest BCUT2D eigenvalue weighted by Crippen LogP contribution is -2.51. The van der Waals surface area contributed by atoms with Crippen LogP contribution in [0.1, 0.15) is 0 Å². The molecule has 0 saturated heterocycles. The Bertz CT molecular complexity index is 235. The molecule has 0 saturated carbocycles. The number of amides is 1. The first-order chi connectivity index (χ1) is 7.52. The Morgan fingerprint density at radius 3 is 2.44 bits per heavy atom. The van der Waals surface area contributed by atoms with E-state index in [9.17, 15) is 9.59 Å². The number of hydrogen-bond acceptors (Lipinski definition) is 6. The average Bonchev–Trinajstić information content (AvgIpc) is 2.26. The molecule has 0 aliphatic heterocycles. The molecular weight excluding hydrogens is 220 g/mol. The molecule has 0 spiro atoms. The minimum Gasteiger partial charge on any atom is -0.480 e. The molecule has 0 aromatic heterocycles. The lowest BCUT2D eigenvalue weighted by atomic mass is 10.2. The molecule has 8 heteroatoms. The standard InChI is InChI=1S/C8H16N2O6/c9-5(3-12)7(13)10-6(8(14)15)4-16-2-1-11/h5-6,11-12H,1-4,9H2,(H,10,13)(H,14,15)/t5-,6-/m0/s1. The van der Waals surface area contributed by atoms with E-state index in [2.05, 4.69) is 5.32 Å². The third-order valence-corrected chi connectivity index (χ3v) is 1.67. The van der Waals surface area contributed by atoms with E-state index >= 15 is 0 Å². The summed E-state index contributed by atoms with van der Waals surface area (Å²) in [6, 6.07) is -2.42.